The largest absolute Gasteiger partial charge is 0.379 e. The predicted octanol–water partition coefficient (Wildman–Crippen LogP) is 3.40. The third-order valence-corrected chi connectivity index (χ3v) is 4.92. The van der Waals surface area contributed by atoms with Crippen LogP contribution in [-0.4, -0.2) is 54.3 Å². The molecule has 0 spiro atoms. The van der Waals surface area contributed by atoms with Crippen molar-refractivity contribution in [3.63, 3.8) is 0 Å². The third-order valence-electron chi connectivity index (χ3n) is 4.92. The van der Waals surface area contributed by atoms with E-state index in [-0.39, 0.29) is 0 Å². The van der Waals surface area contributed by atoms with Gasteiger partial charge in [0.1, 0.15) is 5.82 Å². The zero-order valence-electron chi connectivity index (χ0n) is 16.7. The second-order valence-electron chi connectivity index (χ2n) is 6.88. The Morgan fingerprint density at radius 1 is 1.07 bits per heavy atom. The summed E-state index contributed by atoms with van der Waals surface area (Å²) in [4.78, 5) is 11.6. The summed E-state index contributed by atoms with van der Waals surface area (Å²) >= 11 is 0. The molecule has 0 aliphatic carbocycles. The van der Waals surface area contributed by atoms with Gasteiger partial charge in [-0.05, 0) is 30.9 Å². The van der Waals surface area contributed by atoms with Gasteiger partial charge in [-0.15, -0.1) is 0 Å². The highest BCUT2D eigenvalue weighted by Crippen LogP contribution is 2.26. The number of ether oxygens (including phenoxy) is 1. The van der Waals surface area contributed by atoms with Gasteiger partial charge in [0.2, 0.25) is 5.95 Å². The summed E-state index contributed by atoms with van der Waals surface area (Å²) in [6, 6.07) is 8.49. The minimum Gasteiger partial charge on any atom is -0.379 e. The first kappa shape index (κ1) is 19.6. The van der Waals surface area contributed by atoms with E-state index in [1.54, 1.807) is 0 Å². The lowest BCUT2D eigenvalue weighted by Crippen LogP contribution is -2.39. The number of hydrogen-bond donors (Lipinski definition) is 2. The molecule has 1 fully saturated rings. The Labute approximate surface area is 162 Å². The number of nitrogens with one attached hydrogen (secondary N) is 2. The second kappa shape index (κ2) is 9.67. The predicted molar refractivity (Wildman–Crippen MR) is 111 cm³/mol. The van der Waals surface area contributed by atoms with Crippen molar-refractivity contribution in [2.24, 2.45) is 0 Å². The van der Waals surface area contributed by atoms with Gasteiger partial charge in [0.15, 0.2) is 0 Å². The Morgan fingerprint density at radius 3 is 2.44 bits per heavy atom. The summed E-state index contributed by atoms with van der Waals surface area (Å²) in [6.07, 6.45) is 1.98. The monoisotopic (exact) mass is 369 g/mol. The molecule has 3 rings (SSSR count). The van der Waals surface area contributed by atoms with E-state index < -0.39 is 0 Å². The Bertz CT molecular complexity index is 721. The van der Waals surface area contributed by atoms with Crippen molar-refractivity contribution in [1.29, 1.82) is 0 Å². The molecule has 0 unspecified atom stereocenters. The van der Waals surface area contributed by atoms with Crippen molar-refractivity contribution >= 4 is 17.5 Å². The van der Waals surface area contributed by atoms with E-state index in [9.17, 15) is 0 Å². The van der Waals surface area contributed by atoms with Gasteiger partial charge in [0, 0.05) is 43.6 Å². The van der Waals surface area contributed by atoms with Crippen molar-refractivity contribution in [2.45, 2.75) is 33.6 Å². The molecule has 0 bridgehead atoms. The normalized spacial score (nSPS) is 14.9. The Kier molecular flexibility index (Phi) is 7.01. The van der Waals surface area contributed by atoms with Crippen molar-refractivity contribution in [2.75, 3.05) is 50.0 Å². The van der Waals surface area contributed by atoms with Crippen LogP contribution in [0, 0.1) is 6.92 Å². The smallest absolute Gasteiger partial charge is 0.224 e. The van der Waals surface area contributed by atoms with Crippen molar-refractivity contribution in [3.8, 4) is 0 Å². The summed E-state index contributed by atoms with van der Waals surface area (Å²) in [5.41, 5.74) is 4.76. The summed E-state index contributed by atoms with van der Waals surface area (Å²) < 4.78 is 5.40. The number of aryl methyl sites for hydroxylation is 3. The van der Waals surface area contributed by atoms with Gasteiger partial charge in [-0.2, -0.15) is 4.98 Å². The maximum atomic E-state index is 5.40. The highest BCUT2D eigenvalue weighted by Gasteiger charge is 2.11. The fourth-order valence-corrected chi connectivity index (χ4v) is 3.39. The minimum absolute atomic E-state index is 0.679. The first-order valence-electron chi connectivity index (χ1n) is 9.97. The van der Waals surface area contributed by atoms with Gasteiger partial charge in [0.05, 0.1) is 13.2 Å². The van der Waals surface area contributed by atoms with Crippen molar-refractivity contribution in [3.05, 3.63) is 41.1 Å². The fourth-order valence-electron chi connectivity index (χ4n) is 3.39. The molecular formula is C21H31N5O. The van der Waals surface area contributed by atoms with Gasteiger partial charge in [-0.1, -0.05) is 32.0 Å². The molecule has 2 heterocycles. The van der Waals surface area contributed by atoms with Crippen LogP contribution in [0.1, 0.15) is 30.7 Å². The number of rotatable bonds is 8. The zero-order valence-corrected chi connectivity index (χ0v) is 16.7. The lowest BCUT2D eigenvalue weighted by Gasteiger charge is -2.26. The topological polar surface area (TPSA) is 62.3 Å². The maximum Gasteiger partial charge on any atom is 0.224 e. The molecule has 146 valence electrons. The number of aromatic nitrogens is 2. The van der Waals surface area contributed by atoms with Crippen LogP contribution < -0.4 is 10.6 Å². The molecular weight excluding hydrogens is 338 g/mol. The van der Waals surface area contributed by atoms with Crippen LogP contribution in [0.5, 0.6) is 0 Å². The number of para-hydroxylation sites is 1. The second-order valence-corrected chi connectivity index (χ2v) is 6.88. The SMILES string of the molecule is CCc1cccc(CC)c1Nc1cc(C)nc(NCCN2CCOCC2)n1. The molecule has 0 saturated carbocycles. The van der Waals surface area contributed by atoms with Crippen LogP contribution in [-0.2, 0) is 17.6 Å². The molecule has 1 aliphatic heterocycles. The molecule has 0 atom stereocenters. The number of anilines is 3. The fraction of sp³-hybridized carbons (Fsp3) is 0.524. The molecule has 1 aromatic heterocycles. The molecule has 6 nitrogen and oxygen atoms in total. The van der Waals surface area contributed by atoms with Gasteiger partial charge in [0.25, 0.3) is 0 Å². The molecule has 27 heavy (non-hydrogen) atoms. The molecule has 1 aromatic carbocycles. The van der Waals surface area contributed by atoms with Gasteiger partial charge in [-0.25, -0.2) is 4.98 Å². The highest BCUT2D eigenvalue weighted by atomic mass is 16.5. The minimum atomic E-state index is 0.679. The van der Waals surface area contributed by atoms with Crippen LogP contribution in [0.15, 0.2) is 24.3 Å². The first-order valence-corrected chi connectivity index (χ1v) is 9.97. The van der Waals surface area contributed by atoms with E-state index in [1.165, 1.54) is 16.8 Å². The summed E-state index contributed by atoms with van der Waals surface area (Å²) in [5, 5.41) is 6.92. The van der Waals surface area contributed by atoms with Crippen LogP contribution >= 0.6 is 0 Å². The Morgan fingerprint density at radius 2 is 1.78 bits per heavy atom. The highest BCUT2D eigenvalue weighted by molar-refractivity contribution is 5.66. The standard InChI is InChI=1S/C21H31N5O/c1-4-17-7-6-8-18(5-2)20(17)24-19-15-16(3)23-21(25-19)22-9-10-26-11-13-27-14-12-26/h6-8,15H,4-5,9-14H2,1-3H3,(H2,22,23,24,25). The van der Waals surface area contributed by atoms with Crippen molar-refractivity contribution < 1.29 is 4.74 Å². The number of morpholine rings is 1. The van der Waals surface area contributed by atoms with E-state index in [2.05, 4.69) is 57.5 Å². The molecule has 0 amide bonds. The first-order chi connectivity index (χ1) is 13.2. The number of hydrogen-bond acceptors (Lipinski definition) is 6. The van der Waals surface area contributed by atoms with Crippen LogP contribution in [0.2, 0.25) is 0 Å². The number of nitrogens with zero attached hydrogens (tertiary/aromatic N) is 3. The molecule has 6 heteroatoms. The average molecular weight is 370 g/mol. The zero-order chi connectivity index (χ0) is 19.1. The quantitative estimate of drug-likeness (QED) is 0.744. The lowest BCUT2D eigenvalue weighted by molar-refractivity contribution is 0.0398. The summed E-state index contributed by atoms with van der Waals surface area (Å²) in [5.74, 6) is 1.52. The van der Waals surface area contributed by atoms with Crippen LogP contribution in [0.4, 0.5) is 17.5 Å². The summed E-state index contributed by atoms with van der Waals surface area (Å²) in [7, 11) is 0. The Balaban J connectivity index is 1.68. The van der Waals surface area contributed by atoms with Gasteiger partial charge < -0.3 is 15.4 Å². The third kappa shape index (κ3) is 5.40. The molecule has 1 aliphatic rings. The average Bonchev–Trinajstić information content (AvgIpc) is 2.68. The van der Waals surface area contributed by atoms with E-state index in [4.69, 9.17) is 4.74 Å². The van der Waals surface area contributed by atoms with Crippen LogP contribution in [0.25, 0.3) is 0 Å². The molecule has 2 aromatic rings. The van der Waals surface area contributed by atoms with E-state index >= 15 is 0 Å². The number of benzene rings is 1. The van der Waals surface area contributed by atoms with Crippen LogP contribution in [0.3, 0.4) is 0 Å². The van der Waals surface area contributed by atoms with E-state index in [0.29, 0.717) is 5.95 Å². The maximum absolute atomic E-state index is 5.40. The van der Waals surface area contributed by atoms with E-state index in [0.717, 1.165) is 63.7 Å². The molecule has 0 radical (unpaired) electrons. The molecule has 1 saturated heterocycles. The molecule has 2 N–H and O–H groups in total. The van der Waals surface area contributed by atoms with Gasteiger partial charge in [-0.3, -0.25) is 4.90 Å². The lowest BCUT2D eigenvalue weighted by atomic mass is 10.0. The van der Waals surface area contributed by atoms with E-state index in [1.807, 2.05) is 13.0 Å². The van der Waals surface area contributed by atoms with Crippen molar-refractivity contribution in [1.82, 2.24) is 14.9 Å². The summed E-state index contributed by atoms with van der Waals surface area (Å²) in [6.45, 7) is 11.8. The Hall–Kier alpha value is -2.18. The van der Waals surface area contributed by atoms with Gasteiger partial charge >= 0.3 is 0 Å².